The van der Waals surface area contributed by atoms with Crippen LogP contribution in [0, 0.1) is 0 Å². The van der Waals surface area contributed by atoms with E-state index in [1.807, 2.05) is 0 Å². The normalized spacial score (nSPS) is 10.9. The summed E-state index contributed by atoms with van der Waals surface area (Å²) in [5, 5.41) is 0. The molecule has 0 fully saturated rings. The Bertz CT molecular complexity index is 218. The van der Waals surface area contributed by atoms with Crippen LogP contribution in [0.1, 0.15) is 31.4 Å². The lowest BCUT2D eigenvalue weighted by Gasteiger charge is -1.94. The van der Waals surface area contributed by atoms with Crippen molar-refractivity contribution in [2.24, 2.45) is 5.73 Å². The Labute approximate surface area is 66.6 Å². The van der Waals surface area contributed by atoms with Crippen molar-refractivity contribution in [1.82, 2.24) is 4.98 Å². The summed E-state index contributed by atoms with van der Waals surface area (Å²) in [5.41, 5.74) is 6.35. The molecule has 62 valence electrons. The Hall–Kier alpha value is -0.830. The highest BCUT2D eigenvalue weighted by Crippen LogP contribution is 2.12. The van der Waals surface area contributed by atoms with Gasteiger partial charge < -0.3 is 10.2 Å². The molecule has 0 aliphatic carbocycles. The maximum atomic E-state index is 5.35. The van der Waals surface area contributed by atoms with Gasteiger partial charge in [0.2, 0.25) is 0 Å². The summed E-state index contributed by atoms with van der Waals surface area (Å²) < 4.78 is 5.18. The molecule has 1 heterocycles. The molecule has 0 radical (unpaired) electrons. The monoisotopic (exact) mass is 154 g/mol. The third-order valence-electron chi connectivity index (χ3n) is 1.52. The lowest BCUT2D eigenvalue weighted by atomic mass is 10.2. The molecule has 1 rings (SSSR count). The lowest BCUT2D eigenvalue weighted by Crippen LogP contribution is -2.02. The van der Waals surface area contributed by atoms with Crippen LogP contribution >= 0.6 is 0 Å². The fraction of sp³-hybridized carbons (Fsp3) is 0.625. The Kier molecular flexibility index (Phi) is 2.65. The second-order valence-corrected chi connectivity index (χ2v) is 2.86. The largest absolute Gasteiger partial charge is 0.449 e. The molecule has 3 nitrogen and oxygen atoms in total. The van der Waals surface area contributed by atoms with Crippen molar-refractivity contribution < 1.29 is 4.42 Å². The lowest BCUT2D eigenvalue weighted by molar-refractivity contribution is 0.495. The van der Waals surface area contributed by atoms with Crippen LogP contribution in [-0.2, 0) is 6.42 Å². The predicted octanol–water partition coefficient (Wildman–Crippen LogP) is 1.30. The van der Waals surface area contributed by atoms with Gasteiger partial charge in [-0.15, -0.1) is 0 Å². The molecule has 0 spiro atoms. The maximum absolute atomic E-state index is 5.35. The van der Waals surface area contributed by atoms with Gasteiger partial charge in [0.05, 0.1) is 5.69 Å². The van der Waals surface area contributed by atoms with E-state index in [0.717, 1.165) is 18.0 Å². The van der Waals surface area contributed by atoms with Gasteiger partial charge in [-0.25, -0.2) is 4.98 Å². The SMILES string of the molecule is CC(C)c1coc(CCN)n1. The molecular weight excluding hydrogens is 140 g/mol. The Morgan fingerprint density at radius 3 is 2.82 bits per heavy atom. The van der Waals surface area contributed by atoms with Gasteiger partial charge in [0, 0.05) is 13.0 Å². The molecule has 0 unspecified atom stereocenters. The number of aromatic nitrogens is 1. The van der Waals surface area contributed by atoms with Gasteiger partial charge in [-0.2, -0.15) is 0 Å². The van der Waals surface area contributed by atoms with Crippen molar-refractivity contribution >= 4 is 0 Å². The van der Waals surface area contributed by atoms with E-state index in [2.05, 4.69) is 18.8 Å². The van der Waals surface area contributed by atoms with E-state index < -0.39 is 0 Å². The highest BCUT2D eigenvalue weighted by molar-refractivity contribution is 5.01. The van der Waals surface area contributed by atoms with Crippen molar-refractivity contribution in [2.45, 2.75) is 26.2 Å². The average Bonchev–Trinajstić information content (AvgIpc) is 2.37. The van der Waals surface area contributed by atoms with Crippen molar-refractivity contribution in [2.75, 3.05) is 6.54 Å². The van der Waals surface area contributed by atoms with Gasteiger partial charge in [-0.1, -0.05) is 13.8 Å². The van der Waals surface area contributed by atoms with Crippen LogP contribution in [0.25, 0.3) is 0 Å². The fourth-order valence-corrected chi connectivity index (χ4v) is 0.829. The summed E-state index contributed by atoms with van der Waals surface area (Å²) >= 11 is 0. The highest BCUT2D eigenvalue weighted by atomic mass is 16.3. The Morgan fingerprint density at radius 1 is 1.64 bits per heavy atom. The smallest absolute Gasteiger partial charge is 0.195 e. The molecule has 2 N–H and O–H groups in total. The number of nitrogens with two attached hydrogens (primary N) is 1. The van der Waals surface area contributed by atoms with Crippen molar-refractivity contribution in [3.05, 3.63) is 17.8 Å². The molecule has 0 bridgehead atoms. The van der Waals surface area contributed by atoms with Crippen molar-refractivity contribution in [1.29, 1.82) is 0 Å². The zero-order valence-electron chi connectivity index (χ0n) is 7.00. The van der Waals surface area contributed by atoms with Gasteiger partial charge in [0.25, 0.3) is 0 Å². The number of hydrogen-bond acceptors (Lipinski definition) is 3. The zero-order valence-corrected chi connectivity index (χ0v) is 7.00. The quantitative estimate of drug-likeness (QED) is 0.714. The minimum absolute atomic E-state index is 0.435. The molecule has 0 aliphatic heterocycles. The molecule has 0 aromatic carbocycles. The van der Waals surface area contributed by atoms with E-state index in [-0.39, 0.29) is 0 Å². The summed E-state index contributed by atoms with van der Waals surface area (Å²) in [6.45, 7) is 4.77. The molecular formula is C8H14N2O. The predicted molar refractivity (Wildman–Crippen MR) is 43.4 cm³/mol. The van der Waals surface area contributed by atoms with E-state index in [1.165, 1.54) is 0 Å². The highest BCUT2D eigenvalue weighted by Gasteiger charge is 2.05. The summed E-state index contributed by atoms with van der Waals surface area (Å²) in [4.78, 5) is 4.25. The molecule has 0 aliphatic rings. The van der Waals surface area contributed by atoms with E-state index in [0.29, 0.717) is 12.5 Å². The second kappa shape index (κ2) is 3.53. The van der Waals surface area contributed by atoms with Crippen LogP contribution in [-0.4, -0.2) is 11.5 Å². The van der Waals surface area contributed by atoms with Gasteiger partial charge in [-0.3, -0.25) is 0 Å². The van der Waals surface area contributed by atoms with Crippen LogP contribution in [0.5, 0.6) is 0 Å². The molecule has 0 atom stereocenters. The van der Waals surface area contributed by atoms with Gasteiger partial charge in [0.15, 0.2) is 5.89 Å². The second-order valence-electron chi connectivity index (χ2n) is 2.86. The number of nitrogens with zero attached hydrogens (tertiary/aromatic N) is 1. The van der Waals surface area contributed by atoms with E-state index in [1.54, 1.807) is 6.26 Å². The van der Waals surface area contributed by atoms with Crippen LogP contribution < -0.4 is 5.73 Å². The molecule has 3 heteroatoms. The first kappa shape index (κ1) is 8.27. The summed E-state index contributed by atoms with van der Waals surface area (Å²) in [6.07, 6.45) is 2.43. The third-order valence-corrected chi connectivity index (χ3v) is 1.52. The average molecular weight is 154 g/mol. The van der Waals surface area contributed by atoms with E-state index in [4.69, 9.17) is 10.2 Å². The first-order valence-corrected chi connectivity index (χ1v) is 3.88. The standard InChI is InChI=1S/C8H14N2O/c1-6(2)7-5-11-8(10-7)3-4-9/h5-6H,3-4,9H2,1-2H3. The fourth-order valence-electron chi connectivity index (χ4n) is 0.829. The van der Waals surface area contributed by atoms with E-state index in [9.17, 15) is 0 Å². The van der Waals surface area contributed by atoms with E-state index >= 15 is 0 Å². The van der Waals surface area contributed by atoms with Crippen molar-refractivity contribution in [3.63, 3.8) is 0 Å². The summed E-state index contributed by atoms with van der Waals surface area (Å²) in [7, 11) is 0. The number of oxazole rings is 1. The van der Waals surface area contributed by atoms with Crippen LogP contribution in [0.2, 0.25) is 0 Å². The summed E-state index contributed by atoms with van der Waals surface area (Å²) in [6, 6.07) is 0. The van der Waals surface area contributed by atoms with Gasteiger partial charge in [-0.05, 0) is 5.92 Å². The third kappa shape index (κ3) is 2.05. The number of rotatable bonds is 3. The number of hydrogen-bond donors (Lipinski definition) is 1. The molecule has 0 amide bonds. The first-order chi connectivity index (χ1) is 5.24. The van der Waals surface area contributed by atoms with Crippen LogP contribution in [0.15, 0.2) is 10.7 Å². The molecule has 0 saturated heterocycles. The molecule has 1 aromatic heterocycles. The molecule has 0 saturated carbocycles. The maximum Gasteiger partial charge on any atom is 0.195 e. The Balaban J connectivity index is 2.66. The molecule has 11 heavy (non-hydrogen) atoms. The van der Waals surface area contributed by atoms with Crippen LogP contribution in [0.4, 0.5) is 0 Å². The molecule has 1 aromatic rings. The minimum atomic E-state index is 0.435. The topological polar surface area (TPSA) is 52.0 Å². The Morgan fingerprint density at radius 2 is 2.36 bits per heavy atom. The van der Waals surface area contributed by atoms with Crippen LogP contribution in [0.3, 0.4) is 0 Å². The first-order valence-electron chi connectivity index (χ1n) is 3.88. The van der Waals surface area contributed by atoms with Gasteiger partial charge >= 0.3 is 0 Å². The van der Waals surface area contributed by atoms with Gasteiger partial charge in [0.1, 0.15) is 6.26 Å². The van der Waals surface area contributed by atoms with Crippen molar-refractivity contribution in [3.8, 4) is 0 Å². The minimum Gasteiger partial charge on any atom is -0.449 e. The zero-order chi connectivity index (χ0) is 8.27. The summed E-state index contributed by atoms with van der Waals surface area (Å²) in [5.74, 6) is 1.18.